The first-order chi connectivity index (χ1) is 9.22. The smallest absolute Gasteiger partial charge is 0.137 e. The van der Waals surface area contributed by atoms with Crippen molar-refractivity contribution in [3.05, 3.63) is 58.3 Å². The fraction of sp³-hybridized carbons (Fsp3) is 0.188. The standard InChI is InChI=1S/C16H15BrN2/c1-3-14-16(12-7-5-4-6-8-12)18-15-10-9-13(17)11(2)19(14)15/h4-10H,3H2,1-2H3. The summed E-state index contributed by atoms with van der Waals surface area (Å²) in [7, 11) is 0. The van der Waals surface area contributed by atoms with Gasteiger partial charge in [0, 0.05) is 15.7 Å². The Labute approximate surface area is 121 Å². The van der Waals surface area contributed by atoms with Gasteiger partial charge >= 0.3 is 0 Å². The number of aryl methyl sites for hydroxylation is 2. The van der Waals surface area contributed by atoms with Crippen LogP contribution in [-0.2, 0) is 6.42 Å². The Hall–Kier alpha value is -1.61. The minimum absolute atomic E-state index is 0.961. The number of benzene rings is 1. The predicted molar refractivity (Wildman–Crippen MR) is 82.4 cm³/mol. The number of hydrogen-bond acceptors (Lipinski definition) is 1. The van der Waals surface area contributed by atoms with Crippen molar-refractivity contribution in [3.8, 4) is 11.3 Å². The number of nitrogens with zero attached hydrogens (tertiary/aromatic N) is 2. The summed E-state index contributed by atoms with van der Waals surface area (Å²) in [6.45, 7) is 4.29. The van der Waals surface area contributed by atoms with E-state index in [0.29, 0.717) is 0 Å². The normalized spacial score (nSPS) is 11.1. The van der Waals surface area contributed by atoms with Gasteiger partial charge in [-0.2, -0.15) is 0 Å². The molecule has 0 atom stereocenters. The van der Waals surface area contributed by atoms with Crippen molar-refractivity contribution in [2.45, 2.75) is 20.3 Å². The second kappa shape index (κ2) is 4.82. The maximum Gasteiger partial charge on any atom is 0.137 e. The molecule has 0 saturated carbocycles. The minimum Gasteiger partial charge on any atom is -0.300 e. The Bertz CT molecular complexity index is 729. The number of halogens is 1. The first-order valence-electron chi connectivity index (χ1n) is 6.44. The summed E-state index contributed by atoms with van der Waals surface area (Å²) in [6, 6.07) is 14.5. The molecule has 0 spiro atoms. The van der Waals surface area contributed by atoms with Gasteiger partial charge in [-0.15, -0.1) is 0 Å². The molecule has 0 aliphatic rings. The van der Waals surface area contributed by atoms with Gasteiger partial charge in [0.05, 0.1) is 11.4 Å². The van der Waals surface area contributed by atoms with Crippen LogP contribution in [-0.4, -0.2) is 9.38 Å². The Kier molecular flexibility index (Phi) is 3.15. The van der Waals surface area contributed by atoms with Gasteiger partial charge in [-0.1, -0.05) is 37.3 Å². The number of rotatable bonds is 2. The summed E-state index contributed by atoms with van der Waals surface area (Å²) in [5, 5.41) is 0. The first kappa shape index (κ1) is 12.4. The van der Waals surface area contributed by atoms with Gasteiger partial charge in [-0.25, -0.2) is 4.98 Å². The van der Waals surface area contributed by atoms with E-state index in [0.717, 1.165) is 22.2 Å². The van der Waals surface area contributed by atoms with Crippen molar-refractivity contribution in [1.29, 1.82) is 0 Å². The summed E-state index contributed by atoms with van der Waals surface area (Å²) >= 11 is 3.60. The second-order valence-corrected chi connectivity index (χ2v) is 5.44. The fourth-order valence-electron chi connectivity index (χ4n) is 2.49. The van der Waals surface area contributed by atoms with Crippen LogP contribution in [0.3, 0.4) is 0 Å². The zero-order valence-corrected chi connectivity index (χ0v) is 12.6. The molecule has 3 rings (SSSR count). The lowest BCUT2D eigenvalue weighted by molar-refractivity contribution is 0.956. The van der Waals surface area contributed by atoms with Gasteiger partial charge in [-0.05, 0) is 41.4 Å². The molecule has 0 radical (unpaired) electrons. The largest absolute Gasteiger partial charge is 0.300 e. The average Bonchev–Trinajstić information content (AvgIpc) is 2.83. The molecule has 0 N–H and O–H groups in total. The van der Waals surface area contributed by atoms with Crippen molar-refractivity contribution in [1.82, 2.24) is 9.38 Å². The summed E-state index contributed by atoms with van der Waals surface area (Å²) in [4.78, 5) is 4.80. The van der Waals surface area contributed by atoms with Crippen LogP contribution in [0.4, 0.5) is 0 Å². The highest BCUT2D eigenvalue weighted by molar-refractivity contribution is 9.10. The van der Waals surface area contributed by atoms with E-state index >= 15 is 0 Å². The molecule has 2 nitrogen and oxygen atoms in total. The third-order valence-electron chi connectivity index (χ3n) is 3.44. The predicted octanol–water partition coefficient (Wildman–Crippen LogP) is 4.63. The van der Waals surface area contributed by atoms with E-state index in [1.165, 1.54) is 17.0 Å². The highest BCUT2D eigenvalue weighted by atomic mass is 79.9. The molecule has 0 bridgehead atoms. The molecular weight excluding hydrogens is 300 g/mol. The van der Waals surface area contributed by atoms with Crippen LogP contribution >= 0.6 is 15.9 Å². The number of fused-ring (bicyclic) bond motifs is 1. The van der Waals surface area contributed by atoms with Crippen molar-refractivity contribution < 1.29 is 0 Å². The number of hydrogen-bond donors (Lipinski definition) is 0. The van der Waals surface area contributed by atoms with Gasteiger partial charge in [0.2, 0.25) is 0 Å². The second-order valence-electron chi connectivity index (χ2n) is 4.59. The molecule has 2 heterocycles. The molecule has 2 aromatic heterocycles. The van der Waals surface area contributed by atoms with Gasteiger partial charge in [0.25, 0.3) is 0 Å². The van der Waals surface area contributed by atoms with Crippen LogP contribution in [0.15, 0.2) is 46.9 Å². The van der Waals surface area contributed by atoms with Crippen molar-refractivity contribution in [2.75, 3.05) is 0 Å². The number of imidazole rings is 1. The van der Waals surface area contributed by atoms with Crippen LogP contribution in [0, 0.1) is 6.92 Å². The van der Waals surface area contributed by atoms with E-state index in [9.17, 15) is 0 Å². The van der Waals surface area contributed by atoms with Crippen molar-refractivity contribution in [2.24, 2.45) is 0 Å². The molecule has 0 unspecified atom stereocenters. The van der Waals surface area contributed by atoms with Gasteiger partial charge in [0.1, 0.15) is 5.65 Å². The third kappa shape index (κ3) is 1.98. The molecule has 19 heavy (non-hydrogen) atoms. The maximum atomic E-state index is 4.80. The highest BCUT2D eigenvalue weighted by Gasteiger charge is 2.14. The molecule has 0 aliphatic carbocycles. The Balaban J connectivity index is 2.36. The van der Waals surface area contributed by atoms with E-state index in [1.54, 1.807) is 0 Å². The lowest BCUT2D eigenvalue weighted by Crippen LogP contribution is -1.97. The van der Waals surface area contributed by atoms with E-state index < -0.39 is 0 Å². The zero-order chi connectivity index (χ0) is 13.4. The molecular formula is C16H15BrN2. The molecule has 0 fully saturated rings. The molecule has 0 saturated heterocycles. The quantitative estimate of drug-likeness (QED) is 0.674. The van der Waals surface area contributed by atoms with E-state index in [-0.39, 0.29) is 0 Å². The zero-order valence-electron chi connectivity index (χ0n) is 11.0. The van der Waals surface area contributed by atoms with Crippen LogP contribution in [0.5, 0.6) is 0 Å². The van der Waals surface area contributed by atoms with E-state index in [1.807, 2.05) is 6.07 Å². The van der Waals surface area contributed by atoms with Gasteiger partial charge in [-0.3, -0.25) is 4.40 Å². The number of aromatic nitrogens is 2. The lowest BCUT2D eigenvalue weighted by Gasteiger charge is -2.06. The van der Waals surface area contributed by atoms with Crippen molar-refractivity contribution in [3.63, 3.8) is 0 Å². The summed E-state index contributed by atoms with van der Waals surface area (Å²) in [6.07, 6.45) is 0.961. The van der Waals surface area contributed by atoms with Crippen LogP contribution in [0.2, 0.25) is 0 Å². The van der Waals surface area contributed by atoms with Crippen LogP contribution in [0.25, 0.3) is 16.9 Å². The molecule has 0 aliphatic heterocycles. The topological polar surface area (TPSA) is 17.3 Å². The third-order valence-corrected chi connectivity index (χ3v) is 4.28. The molecule has 0 amide bonds. The summed E-state index contributed by atoms with van der Waals surface area (Å²) in [5.41, 5.74) is 5.74. The first-order valence-corrected chi connectivity index (χ1v) is 7.23. The average molecular weight is 315 g/mol. The van der Waals surface area contributed by atoms with Crippen LogP contribution < -0.4 is 0 Å². The monoisotopic (exact) mass is 314 g/mol. The maximum absolute atomic E-state index is 4.80. The molecule has 3 heteroatoms. The molecule has 3 aromatic rings. The van der Waals surface area contributed by atoms with Crippen molar-refractivity contribution >= 4 is 21.6 Å². The lowest BCUT2D eigenvalue weighted by atomic mass is 10.1. The Morgan fingerprint density at radius 3 is 2.53 bits per heavy atom. The molecule has 1 aromatic carbocycles. The molecule has 96 valence electrons. The fourth-order valence-corrected chi connectivity index (χ4v) is 2.80. The number of pyridine rings is 1. The van der Waals surface area contributed by atoms with Crippen LogP contribution in [0.1, 0.15) is 18.3 Å². The summed E-state index contributed by atoms with van der Waals surface area (Å²) in [5.74, 6) is 0. The SMILES string of the molecule is CCc1c(-c2ccccc2)nc2ccc(Br)c(C)n12. The summed E-state index contributed by atoms with van der Waals surface area (Å²) < 4.78 is 3.36. The highest BCUT2D eigenvalue weighted by Crippen LogP contribution is 2.28. The Morgan fingerprint density at radius 2 is 1.84 bits per heavy atom. The van der Waals surface area contributed by atoms with Gasteiger partial charge in [0.15, 0.2) is 0 Å². The van der Waals surface area contributed by atoms with E-state index in [2.05, 4.69) is 70.6 Å². The van der Waals surface area contributed by atoms with E-state index in [4.69, 9.17) is 4.98 Å². The Morgan fingerprint density at radius 1 is 1.11 bits per heavy atom. The minimum atomic E-state index is 0.961. The van der Waals surface area contributed by atoms with Gasteiger partial charge < -0.3 is 0 Å².